The fourth-order valence-electron chi connectivity index (χ4n) is 2.70. The van der Waals surface area contributed by atoms with Crippen molar-refractivity contribution in [3.8, 4) is 11.6 Å². The molecule has 1 unspecified atom stereocenters. The van der Waals surface area contributed by atoms with E-state index in [0.717, 1.165) is 5.69 Å². The Morgan fingerprint density at radius 1 is 0.933 bits per heavy atom. The first-order chi connectivity index (χ1) is 14.7. The van der Waals surface area contributed by atoms with E-state index in [-0.39, 0.29) is 5.91 Å². The lowest BCUT2D eigenvalue weighted by molar-refractivity contribution is -0.122. The molecular weight excluding hydrogens is 380 g/mol. The summed E-state index contributed by atoms with van der Waals surface area (Å²) in [5, 5.41) is 18.4. The molecular formula is C22H20N6O2. The van der Waals surface area contributed by atoms with Gasteiger partial charge in [-0.15, -0.1) is 10.2 Å². The second kappa shape index (κ2) is 8.87. The van der Waals surface area contributed by atoms with Crippen LogP contribution in [0.25, 0.3) is 5.82 Å². The minimum Gasteiger partial charge on any atom is -0.481 e. The molecule has 0 saturated carbocycles. The Labute approximate surface area is 173 Å². The quantitative estimate of drug-likeness (QED) is 0.490. The Hall–Kier alpha value is -4.20. The molecule has 8 heteroatoms. The third-order valence-corrected chi connectivity index (χ3v) is 4.24. The van der Waals surface area contributed by atoms with E-state index < -0.39 is 6.10 Å². The Bertz CT molecular complexity index is 1080. The van der Waals surface area contributed by atoms with Gasteiger partial charge in [-0.2, -0.15) is 5.10 Å². The molecule has 0 aliphatic rings. The van der Waals surface area contributed by atoms with Gasteiger partial charge in [0.1, 0.15) is 5.75 Å². The Kier molecular flexibility index (Phi) is 5.66. The minimum atomic E-state index is -0.617. The van der Waals surface area contributed by atoms with Gasteiger partial charge in [-0.1, -0.05) is 18.2 Å². The summed E-state index contributed by atoms with van der Waals surface area (Å²) >= 11 is 0. The van der Waals surface area contributed by atoms with Gasteiger partial charge in [-0.3, -0.25) is 4.79 Å². The maximum absolute atomic E-state index is 12.3. The second-order valence-corrected chi connectivity index (χ2v) is 6.49. The third-order valence-electron chi connectivity index (χ3n) is 4.24. The number of ether oxygens (including phenoxy) is 1. The molecule has 0 bridgehead atoms. The first-order valence-corrected chi connectivity index (χ1v) is 9.41. The molecule has 0 spiro atoms. The van der Waals surface area contributed by atoms with Crippen molar-refractivity contribution < 1.29 is 9.53 Å². The summed E-state index contributed by atoms with van der Waals surface area (Å²) < 4.78 is 7.28. The van der Waals surface area contributed by atoms with Crippen LogP contribution >= 0.6 is 0 Å². The number of rotatable bonds is 7. The number of nitrogens with zero attached hydrogens (tertiary/aromatic N) is 4. The molecule has 30 heavy (non-hydrogen) atoms. The number of hydrogen-bond donors (Lipinski definition) is 2. The van der Waals surface area contributed by atoms with Crippen molar-refractivity contribution in [2.45, 2.75) is 13.0 Å². The fraction of sp³-hybridized carbons (Fsp3) is 0.0909. The Morgan fingerprint density at radius 2 is 1.70 bits per heavy atom. The number of aromatic nitrogens is 4. The highest BCUT2D eigenvalue weighted by Crippen LogP contribution is 2.18. The summed E-state index contributed by atoms with van der Waals surface area (Å²) in [4.78, 5) is 12.3. The maximum Gasteiger partial charge on any atom is 0.265 e. The zero-order chi connectivity index (χ0) is 20.8. The summed E-state index contributed by atoms with van der Waals surface area (Å²) in [6.07, 6.45) is 2.87. The second-order valence-electron chi connectivity index (χ2n) is 6.49. The number of benzene rings is 2. The third kappa shape index (κ3) is 4.79. The molecule has 0 aliphatic carbocycles. The number of nitrogens with one attached hydrogen (secondary N) is 2. The van der Waals surface area contributed by atoms with Crippen molar-refractivity contribution >= 4 is 23.1 Å². The molecule has 2 N–H and O–H groups in total. The van der Waals surface area contributed by atoms with Gasteiger partial charge in [0.05, 0.1) is 0 Å². The Balaban J connectivity index is 1.33. The summed E-state index contributed by atoms with van der Waals surface area (Å²) in [7, 11) is 0. The van der Waals surface area contributed by atoms with Crippen LogP contribution in [0.3, 0.4) is 0 Å². The van der Waals surface area contributed by atoms with Crippen molar-refractivity contribution in [2.24, 2.45) is 0 Å². The minimum absolute atomic E-state index is 0.223. The van der Waals surface area contributed by atoms with Gasteiger partial charge in [0, 0.05) is 23.8 Å². The average Bonchev–Trinajstić information content (AvgIpc) is 3.31. The number of carbonyl (C=O) groups is 1. The average molecular weight is 400 g/mol. The zero-order valence-corrected chi connectivity index (χ0v) is 16.3. The molecule has 8 nitrogen and oxygen atoms in total. The van der Waals surface area contributed by atoms with Crippen LogP contribution in [0.15, 0.2) is 85.2 Å². The topological polar surface area (TPSA) is 94.0 Å². The molecule has 0 saturated heterocycles. The van der Waals surface area contributed by atoms with Crippen LogP contribution in [0.5, 0.6) is 5.75 Å². The summed E-state index contributed by atoms with van der Waals surface area (Å²) in [5.41, 5.74) is 1.50. The number of para-hydroxylation sites is 1. The SMILES string of the molecule is CC(Oc1ccccc1)C(=O)Nc1ccc(Nc2ccc(-n3cccn3)nn2)cc1. The maximum atomic E-state index is 12.3. The van der Waals surface area contributed by atoms with E-state index >= 15 is 0 Å². The van der Waals surface area contributed by atoms with Crippen molar-refractivity contribution in [1.82, 2.24) is 20.0 Å². The summed E-state index contributed by atoms with van der Waals surface area (Å²) in [6, 6.07) is 22.0. The van der Waals surface area contributed by atoms with E-state index in [1.807, 2.05) is 60.7 Å². The van der Waals surface area contributed by atoms with Crippen LogP contribution < -0.4 is 15.4 Å². The molecule has 0 aliphatic heterocycles. The number of carbonyl (C=O) groups excluding carboxylic acids is 1. The monoisotopic (exact) mass is 400 g/mol. The van der Waals surface area contributed by atoms with Gasteiger partial charge in [-0.05, 0) is 61.5 Å². The van der Waals surface area contributed by atoms with Gasteiger partial charge in [0.15, 0.2) is 17.7 Å². The molecule has 4 aromatic rings. The van der Waals surface area contributed by atoms with Crippen molar-refractivity contribution in [1.29, 1.82) is 0 Å². The van der Waals surface area contributed by atoms with E-state index in [0.29, 0.717) is 23.1 Å². The van der Waals surface area contributed by atoms with Crippen LogP contribution in [0.2, 0.25) is 0 Å². The zero-order valence-electron chi connectivity index (χ0n) is 16.3. The van der Waals surface area contributed by atoms with Gasteiger partial charge >= 0.3 is 0 Å². The lowest BCUT2D eigenvalue weighted by Crippen LogP contribution is -2.30. The van der Waals surface area contributed by atoms with Crippen molar-refractivity contribution in [3.05, 3.63) is 85.2 Å². The lowest BCUT2D eigenvalue weighted by Gasteiger charge is -2.15. The number of hydrogen-bond acceptors (Lipinski definition) is 6. The highest BCUT2D eigenvalue weighted by molar-refractivity contribution is 5.94. The highest BCUT2D eigenvalue weighted by atomic mass is 16.5. The largest absolute Gasteiger partial charge is 0.481 e. The number of amides is 1. The van der Waals surface area contributed by atoms with Gasteiger partial charge in [-0.25, -0.2) is 4.68 Å². The molecule has 2 aromatic carbocycles. The van der Waals surface area contributed by atoms with E-state index in [4.69, 9.17) is 4.74 Å². The molecule has 2 aromatic heterocycles. The molecule has 1 atom stereocenters. The smallest absolute Gasteiger partial charge is 0.265 e. The van der Waals surface area contributed by atoms with Crippen LogP contribution in [0, 0.1) is 0 Å². The van der Waals surface area contributed by atoms with Crippen molar-refractivity contribution in [3.63, 3.8) is 0 Å². The van der Waals surface area contributed by atoms with E-state index in [1.54, 1.807) is 36.1 Å². The summed E-state index contributed by atoms with van der Waals surface area (Å²) in [6.45, 7) is 1.71. The first-order valence-electron chi connectivity index (χ1n) is 9.41. The lowest BCUT2D eigenvalue weighted by atomic mass is 10.2. The standard InChI is InChI=1S/C22H20N6O2/c1-16(30-19-6-3-2-4-7-19)22(29)25-18-10-8-17(9-11-18)24-20-12-13-21(27-26-20)28-15-5-14-23-28/h2-16H,1H3,(H,24,26)(H,25,29). The molecule has 0 fully saturated rings. The Morgan fingerprint density at radius 3 is 2.37 bits per heavy atom. The van der Waals surface area contributed by atoms with Crippen LogP contribution in [0.1, 0.15) is 6.92 Å². The normalized spacial score (nSPS) is 11.5. The van der Waals surface area contributed by atoms with E-state index in [1.165, 1.54) is 0 Å². The van der Waals surface area contributed by atoms with E-state index in [2.05, 4.69) is 25.9 Å². The van der Waals surface area contributed by atoms with Crippen LogP contribution in [-0.2, 0) is 4.79 Å². The van der Waals surface area contributed by atoms with Crippen LogP contribution in [0.4, 0.5) is 17.2 Å². The highest BCUT2D eigenvalue weighted by Gasteiger charge is 2.14. The van der Waals surface area contributed by atoms with Gasteiger partial charge < -0.3 is 15.4 Å². The van der Waals surface area contributed by atoms with E-state index in [9.17, 15) is 4.79 Å². The molecule has 0 radical (unpaired) electrons. The molecule has 1 amide bonds. The molecule has 2 heterocycles. The van der Waals surface area contributed by atoms with Crippen LogP contribution in [-0.4, -0.2) is 32.0 Å². The molecule has 150 valence electrons. The number of anilines is 3. The predicted octanol–water partition coefficient (Wildman–Crippen LogP) is 3.81. The first kappa shape index (κ1) is 19.1. The van der Waals surface area contributed by atoms with Gasteiger partial charge in [0.2, 0.25) is 0 Å². The van der Waals surface area contributed by atoms with Gasteiger partial charge in [0.25, 0.3) is 5.91 Å². The summed E-state index contributed by atoms with van der Waals surface area (Å²) in [5.74, 6) is 1.67. The van der Waals surface area contributed by atoms with Crippen molar-refractivity contribution in [2.75, 3.05) is 10.6 Å². The predicted molar refractivity (Wildman–Crippen MR) is 114 cm³/mol. The fourth-order valence-corrected chi connectivity index (χ4v) is 2.70. The molecule has 4 rings (SSSR count).